The molecule has 0 bridgehead atoms. The molecule has 0 aliphatic carbocycles. The average molecular weight is 349 g/mol. The molecule has 1 N–H and O–H groups in total. The third-order valence-corrected chi connectivity index (χ3v) is 4.01. The molecule has 0 radical (unpaired) electrons. The number of halogens is 1. The molecule has 0 aliphatic heterocycles. The molecule has 24 heavy (non-hydrogen) atoms. The first-order valence-electron chi connectivity index (χ1n) is 7.37. The number of hydrazone groups is 1. The molecule has 0 heterocycles. The van der Waals surface area contributed by atoms with Crippen molar-refractivity contribution in [2.24, 2.45) is 5.10 Å². The molecule has 2 aromatic rings. The van der Waals surface area contributed by atoms with Crippen LogP contribution in [0, 0.1) is 6.92 Å². The van der Waals surface area contributed by atoms with E-state index in [-0.39, 0.29) is 0 Å². The van der Waals surface area contributed by atoms with Gasteiger partial charge in [0.15, 0.2) is 11.5 Å². The molecule has 0 aromatic heterocycles. The summed E-state index contributed by atoms with van der Waals surface area (Å²) in [6, 6.07) is 9.40. The molecule has 5 nitrogen and oxygen atoms in total. The third-order valence-electron chi connectivity index (χ3n) is 3.61. The van der Waals surface area contributed by atoms with Gasteiger partial charge in [0.05, 0.1) is 32.7 Å². The Morgan fingerprint density at radius 1 is 1.00 bits per heavy atom. The van der Waals surface area contributed by atoms with E-state index in [1.54, 1.807) is 21.3 Å². The lowest BCUT2D eigenvalue weighted by Crippen LogP contribution is -2.03. The molecular weight excluding hydrogens is 328 g/mol. The van der Waals surface area contributed by atoms with E-state index < -0.39 is 0 Å². The van der Waals surface area contributed by atoms with Crippen molar-refractivity contribution >= 4 is 23.0 Å². The minimum Gasteiger partial charge on any atom is -0.493 e. The zero-order valence-electron chi connectivity index (χ0n) is 14.4. The highest BCUT2D eigenvalue weighted by molar-refractivity contribution is 6.31. The topological polar surface area (TPSA) is 52.1 Å². The molecule has 0 fully saturated rings. The Bertz CT molecular complexity index is 735. The molecule has 0 atom stereocenters. The van der Waals surface area contributed by atoms with Crippen molar-refractivity contribution in [2.75, 3.05) is 26.8 Å². The SMILES string of the molecule is COc1cc(/C(C)=N\Nc2ccc(C)c(Cl)c2)cc(OC)c1OC. The summed E-state index contributed by atoms with van der Waals surface area (Å²) >= 11 is 6.12. The normalized spacial score (nSPS) is 11.2. The fourth-order valence-corrected chi connectivity index (χ4v) is 2.35. The van der Waals surface area contributed by atoms with Gasteiger partial charge >= 0.3 is 0 Å². The second-order valence-electron chi connectivity index (χ2n) is 5.19. The van der Waals surface area contributed by atoms with Crippen molar-refractivity contribution < 1.29 is 14.2 Å². The van der Waals surface area contributed by atoms with Crippen LogP contribution in [-0.2, 0) is 0 Å². The van der Waals surface area contributed by atoms with Gasteiger partial charge in [-0.15, -0.1) is 0 Å². The molecule has 0 saturated heterocycles. The van der Waals surface area contributed by atoms with Gasteiger partial charge in [-0.3, -0.25) is 5.43 Å². The van der Waals surface area contributed by atoms with Crippen LogP contribution in [0.4, 0.5) is 5.69 Å². The Hall–Kier alpha value is -2.40. The number of aryl methyl sites for hydroxylation is 1. The standard InChI is InChI=1S/C18H21ClN2O3/c1-11-6-7-14(10-15(11)19)21-20-12(2)13-8-16(22-3)18(24-5)17(9-13)23-4/h6-10,21H,1-5H3/b20-12-. The summed E-state index contributed by atoms with van der Waals surface area (Å²) < 4.78 is 16.1. The first-order chi connectivity index (χ1) is 11.5. The average Bonchev–Trinajstić information content (AvgIpc) is 2.60. The van der Waals surface area contributed by atoms with E-state index in [0.29, 0.717) is 22.3 Å². The van der Waals surface area contributed by atoms with Gasteiger partial charge in [0.25, 0.3) is 0 Å². The predicted octanol–water partition coefficient (Wildman–Crippen LogP) is 4.51. The molecule has 0 unspecified atom stereocenters. The Kier molecular flexibility index (Phi) is 5.93. The molecule has 0 aliphatic rings. The van der Waals surface area contributed by atoms with E-state index in [1.165, 1.54) is 0 Å². The van der Waals surface area contributed by atoms with Crippen LogP contribution in [0.5, 0.6) is 17.2 Å². The fourth-order valence-electron chi connectivity index (χ4n) is 2.17. The van der Waals surface area contributed by atoms with Crippen LogP contribution in [0.1, 0.15) is 18.1 Å². The quantitative estimate of drug-likeness (QED) is 0.616. The highest BCUT2D eigenvalue weighted by Crippen LogP contribution is 2.38. The summed E-state index contributed by atoms with van der Waals surface area (Å²) in [5.74, 6) is 1.72. The minimum atomic E-state index is 0.551. The van der Waals surface area contributed by atoms with Crippen LogP contribution in [0.3, 0.4) is 0 Å². The Labute approximate surface area is 147 Å². The van der Waals surface area contributed by atoms with Crippen LogP contribution in [0.25, 0.3) is 0 Å². The van der Waals surface area contributed by atoms with Gasteiger partial charge in [0.2, 0.25) is 5.75 Å². The monoisotopic (exact) mass is 348 g/mol. The summed E-state index contributed by atoms with van der Waals surface area (Å²) in [4.78, 5) is 0. The van der Waals surface area contributed by atoms with Crippen molar-refractivity contribution in [2.45, 2.75) is 13.8 Å². The lowest BCUT2D eigenvalue weighted by molar-refractivity contribution is 0.324. The molecule has 0 spiro atoms. The molecule has 2 aromatic carbocycles. The first-order valence-corrected chi connectivity index (χ1v) is 7.74. The van der Waals surface area contributed by atoms with Crippen LogP contribution >= 0.6 is 11.6 Å². The number of ether oxygens (including phenoxy) is 3. The summed E-state index contributed by atoms with van der Waals surface area (Å²) in [5.41, 5.74) is 6.47. The Balaban J connectivity index is 2.30. The van der Waals surface area contributed by atoms with Gasteiger partial charge in [0, 0.05) is 10.6 Å². The summed E-state index contributed by atoms with van der Waals surface area (Å²) in [5, 5.41) is 5.09. The van der Waals surface area contributed by atoms with Gasteiger partial charge in [0.1, 0.15) is 0 Å². The van der Waals surface area contributed by atoms with E-state index in [9.17, 15) is 0 Å². The molecule has 0 amide bonds. The van der Waals surface area contributed by atoms with Gasteiger partial charge in [-0.1, -0.05) is 17.7 Å². The number of anilines is 1. The van der Waals surface area contributed by atoms with Crippen LogP contribution < -0.4 is 19.6 Å². The zero-order chi connectivity index (χ0) is 17.7. The maximum Gasteiger partial charge on any atom is 0.203 e. The van der Waals surface area contributed by atoms with Crippen molar-refractivity contribution in [1.82, 2.24) is 0 Å². The Morgan fingerprint density at radius 2 is 1.62 bits per heavy atom. The molecule has 2 rings (SSSR count). The van der Waals surface area contributed by atoms with Gasteiger partial charge in [-0.2, -0.15) is 5.10 Å². The highest BCUT2D eigenvalue weighted by Gasteiger charge is 2.14. The molecule has 6 heteroatoms. The number of hydrogen-bond donors (Lipinski definition) is 1. The number of nitrogens with one attached hydrogen (secondary N) is 1. The third kappa shape index (κ3) is 3.92. The largest absolute Gasteiger partial charge is 0.493 e. The molecule has 0 saturated carbocycles. The summed E-state index contributed by atoms with van der Waals surface area (Å²) in [6.45, 7) is 3.85. The lowest BCUT2D eigenvalue weighted by atomic mass is 10.1. The number of hydrogen-bond acceptors (Lipinski definition) is 5. The van der Waals surface area contributed by atoms with Crippen molar-refractivity contribution in [3.63, 3.8) is 0 Å². The first kappa shape index (κ1) is 17.9. The van der Waals surface area contributed by atoms with Gasteiger partial charge in [-0.25, -0.2) is 0 Å². The fraction of sp³-hybridized carbons (Fsp3) is 0.278. The molecule has 128 valence electrons. The number of nitrogens with zero attached hydrogens (tertiary/aromatic N) is 1. The van der Waals surface area contributed by atoms with Crippen molar-refractivity contribution in [3.05, 3.63) is 46.5 Å². The van der Waals surface area contributed by atoms with Crippen LogP contribution in [-0.4, -0.2) is 27.0 Å². The van der Waals surface area contributed by atoms with Crippen LogP contribution in [0.15, 0.2) is 35.4 Å². The second kappa shape index (κ2) is 7.93. The van der Waals surface area contributed by atoms with Gasteiger partial charge in [-0.05, 0) is 43.7 Å². The van der Waals surface area contributed by atoms with Crippen molar-refractivity contribution in [3.8, 4) is 17.2 Å². The summed E-state index contributed by atoms with van der Waals surface area (Å²) in [6.07, 6.45) is 0. The van der Waals surface area contributed by atoms with E-state index in [2.05, 4.69) is 10.5 Å². The van der Waals surface area contributed by atoms with E-state index in [1.807, 2.05) is 44.2 Å². The van der Waals surface area contributed by atoms with E-state index in [4.69, 9.17) is 25.8 Å². The van der Waals surface area contributed by atoms with E-state index >= 15 is 0 Å². The van der Waals surface area contributed by atoms with Crippen LogP contribution in [0.2, 0.25) is 5.02 Å². The van der Waals surface area contributed by atoms with E-state index in [0.717, 1.165) is 22.5 Å². The number of benzene rings is 2. The highest BCUT2D eigenvalue weighted by atomic mass is 35.5. The minimum absolute atomic E-state index is 0.551. The maximum absolute atomic E-state index is 6.12. The van der Waals surface area contributed by atoms with Gasteiger partial charge < -0.3 is 14.2 Å². The Morgan fingerprint density at radius 3 is 2.12 bits per heavy atom. The smallest absolute Gasteiger partial charge is 0.203 e. The maximum atomic E-state index is 6.12. The summed E-state index contributed by atoms with van der Waals surface area (Å²) in [7, 11) is 4.74. The predicted molar refractivity (Wildman–Crippen MR) is 98.1 cm³/mol. The number of methoxy groups -OCH3 is 3. The zero-order valence-corrected chi connectivity index (χ0v) is 15.2. The van der Waals surface area contributed by atoms with Crippen molar-refractivity contribution in [1.29, 1.82) is 0 Å². The number of rotatable bonds is 6. The lowest BCUT2D eigenvalue weighted by Gasteiger charge is -2.14. The molecular formula is C18H21ClN2O3. The second-order valence-corrected chi connectivity index (χ2v) is 5.59.